The quantitative estimate of drug-likeness (QED) is 0.428. The van der Waals surface area contributed by atoms with Gasteiger partial charge in [-0.25, -0.2) is 14.5 Å². The second-order valence-corrected chi connectivity index (χ2v) is 8.69. The van der Waals surface area contributed by atoms with Crippen LogP contribution in [0.25, 0.3) is 11.1 Å². The van der Waals surface area contributed by atoms with E-state index < -0.39 is 5.97 Å². The highest BCUT2D eigenvalue weighted by molar-refractivity contribution is 5.95. The molecule has 166 valence electrons. The standard InChI is InChI=1S/C27H31N3O2/c1-2-3-13-26-28-25(18-20-9-5-4-6-10-20)29-30(26)19-21-14-16-22(17-15-21)23-11-7-8-12-24(23)27(31)32/h2,7-8,11-12,14-17,20H,1,3-6,9-10,13,18-19H2,(H,31,32). The number of aromatic nitrogens is 3. The highest BCUT2D eigenvalue weighted by Crippen LogP contribution is 2.27. The summed E-state index contributed by atoms with van der Waals surface area (Å²) >= 11 is 0. The third-order valence-electron chi connectivity index (χ3n) is 6.32. The number of benzene rings is 2. The van der Waals surface area contributed by atoms with E-state index in [1.54, 1.807) is 12.1 Å². The van der Waals surface area contributed by atoms with Crippen LogP contribution in [0.5, 0.6) is 0 Å². The fraction of sp³-hybridized carbons (Fsp3) is 0.370. The van der Waals surface area contributed by atoms with Crippen molar-refractivity contribution >= 4 is 5.97 Å². The number of rotatable bonds is 9. The van der Waals surface area contributed by atoms with Crippen molar-refractivity contribution in [3.63, 3.8) is 0 Å². The lowest BCUT2D eigenvalue weighted by atomic mass is 9.87. The van der Waals surface area contributed by atoms with Crippen molar-refractivity contribution in [2.45, 2.75) is 57.9 Å². The Morgan fingerprint density at radius 3 is 2.56 bits per heavy atom. The number of aromatic carboxylic acids is 1. The van der Waals surface area contributed by atoms with E-state index >= 15 is 0 Å². The Hall–Kier alpha value is -3.21. The third-order valence-corrected chi connectivity index (χ3v) is 6.32. The van der Waals surface area contributed by atoms with Gasteiger partial charge in [0.2, 0.25) is 0 Å². The molecule has 0 atom stereocenters. The van der Waals surface area contributed by atoms with Gasteiger partial charge in [0.25, 0.3) is 0 Å². The number of carboxylic acid groups (broad SMARTS) is 1. The molecule has 2 aromatic carbocycles. The van der Waals surface area contributed by atoms with E-state index in [0.717, 1.165) is 47.6 Å². The van der Waals surface area contributed by atoms with Crippen LogP contribution in [0.1, 0.15) is 66.1 Å². The zero-order chi connectivity index (χ0) is 22.3. The van der Waals surface area contributed by atoms with Crippen LogP contribution in [-0.2, 0) is 19.4 Å². The molecule has 0 spiro atoms. The van der Waals surface area contributed by atoms with Gasteiger partial charge in [0.1, 0.15) is 5.82 Å². The van der Waals surface area contributed by atoms with Crippen molar-refractivity contribution in [2.75, 3.05) is 0 Å². The number of carboxylic acids is 1. The topological polar surface area (TPSA) is 68.0 Å². The minimum atomic E-state index is -0.912. The van der Waals surface area contributed by atoms with Gasteiger partial charge in [-0.15, -0.1) is 6.58 Å². The summed E-state index contributed by atoms with van der Waals surface area (Å²) in [6, 6.07) is 15.2. The minimum absolute atomic E-state index is 0.315. The van der Waals surface area contributed by atoms with Crippen LogP contribution >= 0.6 is 0 Å². The first-order valence-corrected chi connectivity index (χ1v) is 11.6. The van der Waals surface area contributed by atoms with E-state index in [1.165, 1.54) is 32.1 Å². The van der Waals surface area contributed by atoms with E-state index in [-0.39, 0.29) is 0 Å². The van der Waals surface area contributed by atoms with Crippen LogP contribution in [0, 0.1) is 5.92 Å². The van der Waals surface area contributed by atoms with Gasteiger partial charge in [-0.05, 0) is 35.1 Å². The van der Waals surface area contributed by atoms with Gasteiger partial charge in [0, 0.05) is 12.8 Å². The van der Waals surface area contributed by atoms with Crippen LogP contribution in [0.4, 0.5) is 0 Å². The van der Waals surface area contributed by atoms with Crippen molar-refractivity contribution in [1.29, 1.82) is 0 Å². The van der Waals surface area contributed by atoms with Gasteiger partial charge >= 0.3 is 5.97 Å². The SMILES string of the molecule is C=CCCc1nc(CC2CCCCC2)nn1Cc1ccc(-c2ccccc2C(=O)O)cc1. The Morgan fingerprint density at radius 2 is 1.84 bits per heavy atom. The maximum atomic E-state index is 11.5. The zero-order valence-corrected chi connectivity index (χ0v) is 18.5. The average Bonchev–Trinajstić information content (AvgIpc) is 3.19. The first kappa shape index (κ1) is 22.0. The maximum Gasteiger partial charge on any atom is 0.336 e. The van der Waals surface area contributed by atoms with Crippen LogP contribution in [-0.4, -0.2) is 25.8 Å². The molecule has 1 heterocycles. The van der Waals surface area contributed by atoms with Crippen molar-refractivity contribution < 1.29 is 9.90 Å². The van der Waals surface area contributed by atoms with Crippen LogP contribution < -0.4 is 0 Å². The van der Waals surface area contributed by atoms with Crippen LogP contribution in [0.3, 0.4) is 0 Å². The Kier molecular flexibility index (Phi) is 7.15. The molecule has 5 heteroatoms. The molecule has 0 saturated heterocycles. The van der Waals surface area contributed by atoms with Gasteiger partial charge in [-0.1, -0.05) is 80.6 Å². The summed E-state index contributed by atoms with van der Waals surface area (Å²) in [6.45, 7) is 4.51. The molecule has 1 saturated carbocycles. The van der Waals surface area contributed by atoms with E-state index in [0.29, 0.717) is 18.0 Å². The molecule has 0 bridgehead atoms. The first-order valence-electron chi connectivity index (χ1n) is 11.6. The number of hydrogen-bond acceptors (Lipinski definition) is 3. The normalized spacial score (nSPS) is 14.4. The number of aryl methyl sites for hydroxylation is 1. The maximum absolute atomic E-state index is 11.5. The second kappa shape index (κ2) is 10.4. The molecule has 1 fully saturated rings. The summed E-state index contributed by atoms with van der Waals surface area (Å²) in [5.74, 6) is 1.77. The molecule has 0 amide bonds. The Balaban J connectivity index is 1.52. The molecule has 0 radical (unpaired) electrons. The molecule has 3 aromatic rings. The predicted molar refractivity (Wildman–Crippen MR) is 127 cm³/mol. The molecule has 1 aliphatic carbocycles. The zero-order valence-electron chi connectivity index (χ0n) is 18.5. The van der Waals surface area contributed by atoms with Gasteiger partial charge in [-0.2, -0.15) is 5.10 Å². The van der Waals surface area contributed by atoms with Gasteiger partial charge in [-0.3, -0.25) is 0 Å². The molecule has 1 aromatic heterocycles. The summed E-state index contributed by atoms with van der Waals surface area (Å²) in [5.41, 5.74) is 3.06. The van der Waals surface area contributed by atoms with Gasteiger partial charge in [0.15, 0.2) is 5.82 Å². The summed E-state index contributed by atoms with van der Waals surface area (Å²) in [5, 5.41) is 14.3. The number of allylic oxidation sites excluding steroid dienone is 1. The molecule has 1 N–H and O–H groups in total. The first-order chi connectivity index (χ1) is 15.6. The van der Waals surface area contributed by atoms with Gasteiger partial charge < -0.3 is 5.11 Å². The molecular weight excluding hydrogens is 398 g/mol. The lowest BCUT2D eigenvalue weighted by Gasteiger charge is -2.19. The van der Waals surface area contributed by atoms with Gasteiger partial charge in [0.05, 0.1) is 12.1 Å². The van der Waals surface area contributed by atoms with Crippen molar-refractivity contribution in [3.05, 3.63) is 84.0 Å². The molecule has 1 aliphatic rings. The van der Waals surface area contributed by atoms with Crippen molar-refractivity contribution in [1.82, 2.24) is 14.8 Å². The Labute approximate surface area is 189 Å². The Morgan fingerprint density at radius 1 is 1.09 bits per heavy atom. The molecule has 5 nitrogen and oxygen atoms in total. The van der Waals surface area contributed by atoms with Crippen molar-refractivity contribution in [3.8, 4) is 11.1 Å². The van der Waals surface area contributed by atoms with Crippen LogP contribution in [0.2, 0.25) is 0 Å². The molecule has 0 unspecified atom stereocenters. The second-order valence-electron chi connectivity index (χ2n) is 8.69. The predicted octanol–water partition coefficient (Wildman–Crippen LogP) is 5.93. The highest BCUT2D eigenvalue weighted by Gasteiger charge is 2.18. The summed E-state index contributed by atoms with van der Waals surface area (Å²) in [7, 11) is 0. The molecule has 32 heavy (non-hydrogen) atoms. The molecular formula is C27H31N3O2. The molecule has 0 aliphatic heterocycles. The average molecular weight is 430 g/mol. The van der Waals surface area contributed by atoms with E-state index in [2.05, 4.69) is 6.58 Å². The third kappa shape index (κ3) is 5.34. The number of hydrogen-bond donors (Lipinski definition) is 1. The largest absolute Gasteiger partial charge is 0.478 e. The van der Waals surface area contributed by atoms with Crippen LogP contribution in [0.15, 0.2) is 61.2 Å². The minimum Gasteiger partial charge on any atom is -0.478 e. The fourth-order valence-electron chi connectivity index (χ4n) is 4.59. The van der Waals surface area contributed by atoms with Crippen molar-refractivity contribution in [2.24, 2.45) is 5.92 Å². The highest BCUT2D eigenvalue weighted by atomic mass is 16.4. The van der Waals surface area contributed by atoms with E-state index in [4.69, 9.17) is 10.1 Å². The summed E-state index contributed by atoms with van der Waals surface area (Å²) in [6.07, 6.45) is 11.2. The van der Waals surface area contributed by atoms with E-state index in [9.17, 15) is 9.90 Å². The number of carbonyl (C=O) groups is 1. The summed E-state index contributed by atoms with van der Waals surface area (Å²) in [4.78, 5) is 16.4. The lowest BCUT2D eigenvalue weighted by molar-refractivity contribution is 0.0697. The molecule has 4 rings (SSSR count). The fourth-order valence-corrected chi connectivity index (χ4v) is 4.59. The smallest absolute Gasteiger partial charge is 0.336 e. The lowest BCUT2D eigenvalue weighted by Crippen LogP contribution is -2.11. The Bertz CT molecular complexity index is 1060. The monoisotopic (exact) mass is 429 g/mol. The summed E-state index contributed by atoms with van der Waals surface area (Å²) < 4.78 is 2.03. The number of nitrogens with zero attached hydrogens (tertiary/aromatic N) is 3. The van der Waals surface area contributed by atoms with E-state index in [1.807, 2.05) is 47.2 Å².